The molecule has 37 heavy (non-hydrogen) atoms. The molecule has 186 valence electrons. The van der Waals surface area contributed by atoms with Crippen LogP contribution in [0.5, 0.6) is 5.75 Å². The van der Waals surface area contributed by atoms with Gasteiger partial charge in [-0.15, -0.1) is 0 Å². The van der Waals surface area contributed by atoms with E-state index in [2.05, 4.69) is 34.6 Å². The van der Waals surface area contributed by atoms with Gasteiger partial charge in [-0.25, -0.2) is 0 Å². The van der Waals surface area contributed by atoms with Crippen molar-refractivity contribution in [2.75, 3.05) is 20.2 Å². The molecule has 0 saturated carbocycles. The summed E-state index contributed by atoms with van der Waals surface area (Å²) in [5.41, 5.74) is 4.57. The number of hydrogen-bond acceptors (Lipinski definition) is 4. The van der Waals surface area contributed by atoms with Crippen LogP contribution in [0, 0.1) is 0 Å². The van der Waals surface area contributed by atoms with E-state index in [0.29, 0.717) is 24.5 Å². The molecule has 0 radical (unpaired) electrons. The van der Waals surface area contributed by atoms with Gasteiger partial charge in [0.2, 0.25) is 0 Å². The van der Waals surface area contributed by atoms with Gasteiger partial charge in [0.15, 0.2) is 0 Å². The Kier molecular flexibility index (Phi) is 5.98. The van der Waals surface area contributed by atoms with E-state index in [-0.39, 0.29) is 24.4 Å². The van der Waals surface area contributed by atoms with Crippen LogP contribution < -0.4 is 10.1 Å². The summed E-state index contributed by atoms with van der Waals surface area (Å²) < 4.78 is 6.86. The molecule has 3 aromatic carbocycles. The summed E-state index contributed by atoms with van der Waals surface area (Å²) in [7, 11) is 1.60. The molecular weight excluding hydrogens is 464 g/mol. The number of carbonyl (C=O) groups is 2. The molecular formula is C30H28N4O3. The number of aromatic nitrogens is 2. The Hall–Kier alpha value is -4.36. The van der Waals surface area contributed by atoms with Gasteiger partial charge in [-0.2, -0.15) is 0 Å². The number of H-pyrrole nitrogens is 1. The van der Waals surface area contributed by atoms with Gasteiger partial charge in [-0.1, -0.05) is 48.5 Å². The highest BCUT2D eigenvalue weighted by Crippen LogP contribution is 2.28. The molecule has 0 fully saturated rings. The van der Waals surface area contributed by atoms with E-state index in [0.717, 1.165) is 22.8 Å². The van der Waals surface area contributed by atoms with Crippen LogP contribution in [-0.4, -0.2) is 52.5 Å². The number of benzene rings is 3. The number of fused-ring (bicyclic) bond motifs is 4. The smallest absolute Gasteiger partial charge is 0.271 e. The van der Waals surface area contributed by atoms with Crippen molar-refractivity contribution in [2.24, 2.45) is 0 Å². The summed E-state index contributed by atoms with van der Waals surface area (Å²) >= 11 is 0. The molecule has 5 aromatic rings. The van der Waals surface area contributed by atoms with Gasteiger partial charge in [0.25, 0.3) is 11.8 Å². The zero-order chi connectivity index (χ0) is 25.4. The zero-order valence-electron chi connectivity index (χ0n) is 20.6. The molecule has 1 aliphatic heterocycles. The number of aromatic amines is 1. The molecule has 0 aliphatic carbocycles. The lowest BCUT2D eigenvalue weighted by atomic mass is 10.0. The van der Waals surface area contributed by atoms with E-state index in [1.807, 2.05) is 54.7 Å². The normalized spacial score (nSPS) is 14.4. The lowest BCUT2D eigenvalue weighted by Gasteiger charge is -2.31. The maximum atomic E-state index is 13.6. The molecule has 6 rings (SSSR count). The number of ether oxygens (including phenoxy) is 1. The first kappa shape index (κ1) is 23.1. The lowest BCUT2D eigenvalue weighted by Crippen LogP contribution is -2.50. The molecule has 1 aliphatic rings. The van der Waals surface area contributed by atoms with Gasteiger partial charge >= 0.3 is 0 Å². The van der Waals surface area contributed by atoms with Crippen LogP contribution in [0.1, 0.15) is 26.4 Å². The van der Waals surface area contributed by atoms with Gasteiger partial charge in [0, 0.05) is 41.6 Å². The second-order valence-corrected chi connectivity index (χ2v) is 9.50. The monoisotopic (exact) mass is 492 g/mol. The van der Waals surface area contributed by atoms with E-state index < -0.39 is 0 Å². The molecule has 2 aromatic heterocycles. The highest BCUT2D eigenvalue weighted by atomic mass is 16.5. The Labute approximate surface area is 214 Å². The zero-order valence-corrected chi connectivity index (χ0v) is 20.6. The van der Waals surface area contributed by atoms with E-state index in [9.17, 15) is 9.59 Å². The van der Waals surface area contributed by atoms with Gasteiger partial charge in [-0.3, -0.25) is 14.2 Å². The number of amides is 1. The standard InChI is InChI=1S/C30H28N4O3/c1-37-24-11-12-27-21(14-24)15-28-30(36)33(19-29(35)34(27)28)18-23(13-20-7-3-2-4-8-20)31-16-22-17-32-26-10-6-5-9-25(22)26/h2-12,14-15,17,23,31-32H,13,16,18-19H2,1H3/t23-/m0/s1. The Balaban J connectivity index is 1.26. The van der Waals surface area contributed by atoms with Gasteiger partial charge in [0.05, 0.1) is 12.6 Å². The fourth-order valence-corrected chi connectivity index (χ4v) is 5.26. The Morgan fingerprint density at radius 3 is 2.65 bits per heavy atom. The Morgan fingerprint density at radius 2 is 1.81 bits per heavy atom. The third-order valence-corrected chi connectivity index (χ3v) is 7.11. The molecule has 0 saturated heterocycles. The fraction of sp³-hybridized carbons (Fsp3) is 0.200. The van der Waals surface area contributed by atoms with Crippen LogP contribution in [0.15, 0.2) is 85.1 Å². The Morgan fingerprint density at radius 1 is 1.00 bits per heavy atom. The molecule has 1 atom stereocenters. The first-order chi connectivity index (χ1) is 18.1. The Bertz CT molecular complexity index is 1600. The minimum absolute atomic E-state index is 0.0381. The average Bonchev–Trinajstić information content (AvgIpc) is 3.52. The highest BCUT2D eigenvalue weighted by Gasteiger charge is 2.33. The molecule has 3 heterocycles. The van der Waals surface area contributed by atoms with Crippen molar-refractivity contribution in [3.63, 3.8) is 0 Å². The number of para-hydroxylation sites is 1. The van der Waals surface area contributed by atoms with Crippen molar-refractivity contribution in [3.05, 3.63) is 102 Å². The minimum Gasteiger partial charge on any atom is -0.497 e. The fourth-order valence-electron chi connectivity index (χ4n) is 5.26. The number of carbonyl (C=O) groups excluding carboxylic acids is 2. The number of methoxy groups -OCH3 is 1. The lowest BCUT2D eigenvalue weighted by molar-refractivity contribution is 0.0608. The topological polar surface area (TPSA) is 79.4 Å². The van der Waals surface area contributed by atoms with Crippen LogP contribution in [0.4, 0.5) is 0 Å². The molecule has 0 spiro atoms. The van der Waals surface area contributed by atoms with E-state index in [1.165, 1.54) is 16.5 Å². The maximum absolute atomic E-state index is 13.6. The van der Waals surface area contributed by atoms with Crippen LogP contribution in [0.2, 0.25) is 0 Å². The van der Waals surface area contributed by atoms with E-state index in [4.69, 9.17) is 4.74 Å². The van der Waals surface area contributed by atoms with Crippen LogP contribution in [0.25, 0.3) is 21.8 Å². The largest absolute Gasteiger partial charge is 0.497 e. The number of nitrogens with zero attached hydrogens (tertiary/aromatic N) is 2. The van der Waals surface area contributed by atoms with E-state index >= 15 is 0 Å². The second kappa shape index (κ2) is 9.59. The second-order valence-electron chi connectivity index (χ2n) is 9.50. The summed E-state index contributed by atoms with van der Waals surface area (Å²) in [6.45, 7) is 1.12. The van der Waals surface area contributed by atoms with E-state index in [1.54, 1.807) is 22.6 Å². The molecule has 7 nitrogen and oxygen atoms in total. The highest BCUT2D eigenvalue weighted by molar-refractivity contribution is 6.09. The predicted molar refractivity (Wildman–Crippen MR) is 144 cm³/mol. The molecule has 2 N–H and O–H groups in total. The summed E-state index contributed by atoms with van der Waals surface area (Å²) in [5, 5.41) is 5.66. The van der Waals surface area contributed by atoms with Crippen molar-refractivity contribution < 1.29 is 14.3 Å². The van der Waals surface area contributed by atoms with Crippen LogP contribution in [-0.2, 0) is 13.0 Å². The third-order valence-electron chi connectivity index (χ3n) is 7.11. The molecule has 0 unspecified atom stereocenters. The number of nitrogens with one attached hydrogen (secondary N) is 2. The minimum atomic E-state index is -0.137. The van der Waals surface area contributed by atoms with Gasteiger partial charge in [-0.05, 0) is 47.9 Å². The van der Waals surface area contributed by atoms with Crippen molar-refractivity contribution in [2.45, 2.75) is 19.0 Å². The van der Waals surface area contributed by atoms with Crippen molar-refractivity contribution in [1.82, 2.24) is 19.8 Å². The average molecular weight is 493 g/mol. The summed E-state index contributed by atoms with van der Waals surface area (Å²) in [6, 6.07) is 25.7. The summed E-state index contributed by atoms with van der Waals surface area (Å²) in [4.78, 5) is 31.8. The first-order valence-electron chi connectivity index (χ1n) is 12.4. The molecule has 1 amide bonds. The van der Waals surface area contributed by atoms with Gasteiger partial charge < -0.3 is 19.9 Å². The quantitative estimate of drug-likeness (QED) is 0.331. The SMILES string of the molecule is COc1ccc2c(c1)cc1n2C(=O)CN(C[C@H](Cc2ccccc2)NCc2c[nH]c3ccccc23)C1=O. The molecule has 7 heteroatoms. The summed E-state index contributed by atoms with van der Waals surface area (Å²) in [6.07, 6.45) is 2.76. The van der Waals surface area contributed by atoms with Crippen molar-refractivity contribution in [1.29, 1.82) is 0 Å². The molecule has 0 bridgehead atoms. The predicted octanol–water partition coefficient (Wildman–Crippen LogP) is 4.63. The van der Waals surface area contributed by atoms with Gasteiger partial charge in [0.1, 0.15) is 18.0 Å². The maximum Gasteiger partial charge on any atom is 0.271 e. The van der Waals surface area contributed by atoms with Crippen molar-refractivity contribution in [3.8, 4) is 5.75 Å². The first-order valence-corrected chi connectivity index (χ1v) is 12.4. The number of rotatable bonds is 8. The van der Waals surface area contributed by atoms with Crippen molar-refractivity contribution >= 4 is 33.6 Å². The van der Waals surface area contributed by atoms with Crippen LogP contribution in [0.3, 0.4) is 0 Å². The third kappa shape index (κ3) is 4.38. The van der Waals surface area contributed by atoms with Crippen LogP contribution >= 0.6 is 0 Å². The number of hydrogen-bond donors (Lipinski definition) is 2. The summed E-state index contributed by atoms with van der Waals surface area (Å²) in [5.74, 6) is 0.447.